The largest absolute Gasteiger partial charge is 0.469 e. The number of hydrogen-bond donors (Lipinski definition) is 0. The van der Waals surface area contributed by atoms with Crippen LogP contribution < -0.4 is 0 Å². The lowest BCUT2D eigenvalue weighted by Gasteiger charge is -2.45. The molecule has 2 aliphatic heterocycles. The molecule has 2 rings (SSSR count). The standard InChI is InChI=1S/C12H18NO3S/c1-13(2)9-5-6-10(14)12(13,17-4)7-8(9)11(15)16-3/h5-6,8-9H,7H2,1-4H3/q+1. The molecule has 0 radical (unpaired) electrons. The number of carbonyl (C=O) groups is 2. The average Bonchev–Trinajstić information content (AvgIpc) is 2.43. The van der Waals surface area contributed by atoms with Crippen LogP contribution in [0.15, 0.2) is 12.2 Å². The molecule has 3 unspecified atom stereocenters. The van der Waals surface area contributed by atoms with E-state index in [1.165, 1.54) is 7.11 Å². The predicted octanol–water partition coefficient (Wildman–Crippen LogP) is 0.823. The maximum Gasteiger partial charge on any atom is 0.315 e. The van der Waals surface area contributed by atoms with Crippen molar-refractivity contribution in [3.8, 4) is 0 Å². The fourth-order valence-corrected chi connectivity index (χ4v) is 4.40. The second-order valence-corrected chi connectivity index (χ2v) is 6.16. The number of likely N-dealkylation sites (N-methyl/N-ethyl adjacent to an activating group) is 1. The molecule has 17 heavy (non-hydrogen) atoms. The number of hydrogen-bond acceptors (Lipinski definition) is 4. The molecule has 0 aromatic rings. The third kappa shape index (κ3) is 1.42. The molecule has 0 aromatic heterocycles. The van der Waals surface area contributed by atoms with Crippen molar-refractivity contribution in [2.75, 3.05) is 27.5 Å². The molecule has 1 fully saturated rings. The Kier molecular flexibility index (Phi) is 2.86. The molecule has 0 saturated carbocycles. The fourth-order valence-electron chi connectivity index (χ4n) is 3.19. The molecule has 2 aliphatic rings. The van der Waals surface area contributed by atoms with Crippen molar-refractivity contribution in [2.45, 2.75) is 17.3 Å². The van der Waals surface area contributed by atoms with Crippen molar-refractivity contribution in [3.05, 3.63) is 12.2 Å². The first-order valence-corrected chi connectivity index (χ1v) is 6.82. The van der Waals surface area contributed by atoms with E-state index in [4.69, 9.17) is 4.74 Å². The summed E-state index contributed by atoms with van der Waals surface area (Å²) >= 11 is 1.55. The molecule has 2 bridgehead atoms. The van der Waals surface area contributed by atoms with E-state index >= 15 is 0 Å². The summed E-state index contributed by atoms with van der Waals surface area (Å²) < 4.78 is 5.39. The van der Waals surface area contributed by atoms with E-state index in [0.717, 1.165) is 0 Å². The first-order valence-electron chi connectivity index (χ1n) is 5.60. The molecule has 3 atom stereocenters. The summed E-state index contributed by atoms with van der Waals surface area (Å²) in [4.78, 5) is 23.5. The van der Waals surface area contributed by atoms with Gasteiger partial charge in [0.15, 0.2) is 0 Å². The summed E-state index contributed by atoms with van der Waals surface area (Å²) in [7, 11) is 5.44. The average molecular weight is 256 g/mol. The Labute approximate surface area is 106 Å². The minimum Gasteiger partial charge on any atom is -0.469 e. The molecule has 1 saturated heterocycles. The van der Waals surface area contributed by atoms with Crippen LogP contribution in [0.3, 0.4) is 0 Å². The van der Waals surface area contributed by atoms with E-state index in [2.05, 4.69) is 0 Å². The highest BCUT2D eigenvalue weighted by Gasteiger charge is 2.66. The van der Waals surface area contributed by atoms with Crippen LogP contribution in [0.25, 0.3) is 0 Å². The number of esters is 1. The van der Waals surface area contributed by atoms with E-state index in [0.29, 0.717) is 10.9 Å². The lowest BCUT2D eigenvalue weighted by Crippen LogP contribution is -2.62. The molecule has 0 N–H and O–H groups in total. The first-order chi connectivity index (χ1) is 7.90. The maximum atomic E-state index is 12.2. The number of methoxy groups -OCH3 is 1. The van der Waals surface area contributed by atoms with Crippen LogP contribution in [0.1, 0.15) is 6.42 Å². The quantitative estimate of drug-likeness (QED) is 0.542. The topological polar surface area (TPSA) is 43.4 Å². The second kappa shape index (κ2) is 3.85. The zero-order valence-electron chi connectivity index (χ0n) is 10.6. The summed E-state index contributed by atoms with van der Waals surface area (Å²) in [5, 5.41) is 0. The van der Waals surface area contributed by atoms with Gasteiger partial charge in [0.05, 0.1) is 21.2 Å². The number of ether oxygens (including phenoxy) is 1. The summed E-state index contributed by atoms with van der Waals surface area (Å²) in [6.45, 7) is 0. The zero-order chi connectivity index (χ0) is 12.8. The third-order valence-electron chi connectivity index (χ3n) is 4.26. The fraction of sp³-hybridized carbons (Fsp3) is 0.667. The van der Waals surface area contributed by atoms with Crippen LogP contribution in [0.5, 0.6) is 0 Å². The smallest absolute Gasteiger partial charge is 0.315 e. The van der Waals surface area contributed by atoms with Gasteiger partial charge in [0, 0.05) is 6.42 Å². The third-order valence-corrected chi connectivity index (χ3v) is 5.77. The molecular weight excluding hydrogens is 238 g/mol. The van der Waals surface area contributed by atoms with E-state index in [1.54, 1.807) is 17.8 Å². The van der Waals surface area contributed by atoms with Gasteiger partial charge in [-0.05, 0) is 18.4 Å². The van der Waals surface area contributed by atoms with E-state index in [-0.39, 0.29) is 23.7 Å². The number of thioether (sulfide) groups is 1. The van der Waals surface area contributed by atoms with Crippen LogP contribution >= 0.6 is 11.8 Å². The summed E-state index contributed by atoms with van der Waals surface area (Å²) in [6, 6.07) is 0.0348. The number of rotatable bonds is 2. The van der Waals surface area contributed by atoms with Crippen molar-refractivity contribution in [2.24, 2.45) is 5.92 Å². The van der Waals surface area contributed by atoms with Gasteiger partial charge in [0.2, 0.25) is 10.7 Å². The molecular formula is C12H18NO3S+. The van der Waals surface area contributed by atoms with Crippen molar-refractivity contribution >= 4 is 23.5 Å². The number of carbonyl (C=O) groups excluding carboxylic acids is 2. The Balaban J connectivity index is 2.49. The highest BCUT2D eigenvalue weighted by molar-refractivity contribution is 8.00. The lowest BCUT2D eigenvalue weighted by molar-refractivity contribution is -0.920. The van der Waals surface area contributed by atoms with E-state index in [1.807, 2.05) is 26.4 Å². The van der Waals surface area contributed by atoms with Crippen molar-refractivity contribution < 1.29 is 18.8 Å². The zero-order valence-corrected chi connectivity index (χ0v) is 11.4. The normalized spacial score (nSPS) is 38.2. The highest BCUT2D eigenvalue weighted by atomic mass is 32.2. The molecule has 2 heterocycles. The van der Waals surface area contributed by atoms with Crippen LogP contribution in [0, 0.1) is 5.92 Å². The lowest BCUT2D eigenvalue weighted by atomic mass is 10.0. The molecule has 0 amide bonds. The minimum absolute atomic E-state index is 0.0348. The highest BCUT2D eigenvalue weighted by Crippen LogP contribution is 2.52. The summed E-state index contributed by atoms with van der Waals surface area (Å²) in [6.07, 6.45) is 6.00. The van der Waals surface area contributed by atoms with E-state index in [9.17, 15) is 9.59 Å². The number of nitrogens with zero attached hydrogens (tertiary/aromatic N) is 1. The van der Waals surface area contributed by atoms with Crippen molar-refractivity contribution in [1.82, 2.24) is 0 Å². The minimum atomic E-state index is -0.529. The maximum absolute atomic E-state index is 12.2. The van der Waals surface area contributed by atoms with Gasteiger partial charge in [-0.2, -0.15) is 0 Å². The van der Waals surface area contributed by atoms with Gasteiger partial charge >= 0.3 is 5.97 Å². The van der Waals surface area contributed by atoms with Gasteiger partial charge in [-0.3, -0.25) is 9.59 Å². The van der Waals surface area contributed by atoms with Gasteiger partial charge in [0.1, 0.15) is 12.0 Å². The number of fused-ring (bicyclic) bond motifs is 2. The van der Waals surface area contributed by atoms with E-state index < -0.39 is 4.87 Å². The molecule has 4 nitrogen and oxygen atoms in total. The van der Waals surface area contributed by atoms with Gasteiger partial charge in [0.25, 0.3) is 0 Å². The van der Waals surface area contributed by atoms with Crippen LogP contribution in [0.2, 0.25) is 0 Å². The second-order valence-electron chi connectivity index (χ2n) is 5.08. The molecule has 0 aliphatic carbocycles. The van der Waals surface area contributed by atoms with Gasteiger partial charge < -0.3 is 9.22 Å². The SMILES string of the molecule is COC(=O)C1CC2(SC)C(=O)C=CC1[N+]2(C)C. The first kappa shape index (κ1) is 12.6. The Bertz CT molecular complexity index is 405. The molecule has 0 spiro atoms. The van der Waals surface area contributed by atoms with Crippen molar-refractivity contribution in [1.29, 1.82) is 0 Å². The Morgan fingerprint density at radius 1 is 1.59 bits per heavy atom. The Hall–Kier alpha value is -0.810. The predicted molar refractivity (Wildman–Crippen MR) is 66.4 cm³/mol. The Morgan fingerprint density at radius 2 is 2.24 bits per heavy atom. The van der Waals surface area contributed by atoms with Crippen LogP contribution in [-0.2, 0) is 14.3 Å². The van der Waals surface area contributed by atoms with Gasteiger partial charge in [-0.15, -0.1) is 0 Å². The molecule has 0 aromatic carbocycles. The van der Waals surface area contributed by atoms with Crippen molar-refractivity contribution in [3.63, 3.8) is 0 Å². The van der Waals surface area contributed by atoms with Gasteiger partial charge in [-0.25, -0.2) is 0 Å². The summed E-state index contributed by atoms with van der Waals surface area (Å²) in [5.74, 6) is -0.320. The Morgan fingerprint density at radius 3 is 2.71 bits per heavy atom. The summed E-state index contributed by atoms with van der Waals surface area (Å²) in [5.41, 5.74) is 0. The van der Waals surface area contributed by atoms with Crippen LogP contribution in [0.4, 0.5) is 0 Å². The molecule has 5 heteroatoms. The van der Waals surface area contributed by atoms with Gasteiger partial charge in [-0.1, -0.05) is 11.8 Å². The van der Waals surface area contributed by atoms with Crippen LogP contribution in [-0.4, -0.2) is 54.6 Å². The number of ketones is 1. The molecule has 94 valence electrons. The monoisotopic (exact) mass is 256 g/mol. The number of quaternary nitrogens is 1.